The van der Waals surface area contributed by atoms with Crippen molar-refractivity contribution in [2.24, 2.45) is 0 Å². The second-order valence-corrected chi connectivity index (χ2v) is 3.49. The van der Waals surface area contributed by atoms with E-state index in [1.54, 1.807) is 7.11 Å². The molecule has 0 radical (unpaired) electrons. The topological polar surface area (TPSA) is 9.23 Å². The second kappa shape index (κ2) is 5.09. The van der Waals surface area contributed by atoms with Crippen molar-refractivity contribution in [2.45, 2.75) is 13.8 Å². The number of aryl methyl sites for hydroxylation is 2. The molecular formula is C9H13BrMgO. The standard InChI is InChI=1S/C9H11BrO.Mg.2H/c1-6-4-8(10)5-7(2)9(6)11-3;;;/h4-5H,1-3H3;;;. The van der Waals surface area contributed by atoms with Crippen LogP contribution in [-0.4, -0.2) is 30.2 Å². The van der Waals surface area contributed by atoms with Crippen molar-refractivity contribution < 1.29 is 4.74 Å². The van der Waals surface area contributed by atoms with Gasteiger partial charge in [0.15, 0.2) is 0 Å². The SMILES string of the molecule is COc1c(C)cc(Br)cc1C.[MgH2]. The van der Waals surface area contributed by atoms with Gasteiger partial charge in [0, 0.05) is 4.47 Å². The lowest BCUT2D eigenvalue weighted by Crippen LogP contribution is -1.90. The van der Waals surface area contributed by atoms with Crippen LogP contribution in [0.3, 0.4) is 0 Å². The van der Waals surface area contributed by atoms with E-state index in [0.29, 0.717) is 0 Å². The smallest absolute Gasteiger partial charge is 0.316 e. The van der Waals surface area contributed by atoms with Gasteiger partial charge in [0.2, 0.25) is 0 Å². The molecule has 12 heavy (non-hydrogen) atoms. The molecule has 0 saturated carbocycles. The van der Waals surface area contributed by atoms with Crippen molar-refractivity contribution in [3.63, 3.8) is 0 Å². The van der Waals surface area contributed by atoms with Crippen LogP contribution in [0.2, 0.25) is 0 Å². The molecule has 0 aliphatic carbocycles. The Hall–Kier alpha value is 0.266. The summed E-state index contributed by atoms with van der Waals surface area (Å²) in [5.41, 5.74) is 2.33. The highest BCUT2D eigenvalue weighted by atomic mass is 79.9. The van der Waals surface area contributed by atoms with Gasteiger partial charge in [0.05, 0.1) is 7.11 Å². The quantitative estimate of drug-likeness (QED) is 0.685. The van der Waals surface area contributed by atoms with Crippen molar-refractivity contribution in [2.75, 3.05) is 7.11 Å². The molecule has 0 amide bonds. The number of hydrogen-bond acceptors (Lipinski definition) is 1. The van der Waals surface area contributed by atoms with E-state index < -0.39 is 0 Å². The van der Waals surface area contributed by atoms with Gasteiger partial charge in [-0.2, -0.15) is 0 Å². The highest BCUT2D eigenvalue weighted by Crippen LogP contribution is 2.26. The third-order valence-corrected chi connectivity index (χ3v) is 2.09. The zero-order chi connectivity index (χ0) is 8.43. The Balaban J connectivity index is 0.00000121. The lowest BCUT2D eigenvalue weighted by Gasteiger charge is -2.07. The van der Waals surface area contributed by atoms with Crippen LogP contribution in [0.15, 0.2) is 16.6 Å². The van der Waals surface area contributed by atoms with E-state index in [-0.39, 0.29) is 23.1 Å². The van der Waals surface area contributed by atoms with E-state index in [1.807, 2.05) is 26.0 Å². The molecule has 0 unspecified atom stereocenters. The minimum atomic E-state index is 0. The molecular weight excluding hydrogens is 228 g/mol. The average molecular weight is 241 g/mol. The van der Waals surface area contributed by atoms with Gasteiger partial charge in [-0.3, -0.25) is 0 Å². The van der Waals surface area contributed by atoms with Crippen LogP contribution in [0.5, 0.6) is 5.75 Å². The first-order valence-electron chi connectivity index (χ1n) is 3.46. The van der Waals surface area contributed by atoms with E-state index >= 15 is 0 Å². The van der Waals surface area contributed by atoms with Gasteiger partial charge in [-0.15, -0.1) is 0 Å². The lowest BCUT2D eigenvalue weighted by molar-refractivity contribution is 0.408. The molecule has 1 rings (SSSR count). The Kier molecular flexibility index (Phi) is 5.21. The first kappa shape index (κ1) is 12.3. The Bertz CT molecular complexity index is 250. The molecule has 0 N–H and O–H groups in total. The fourth-order valence-electron chi connectivity index (χ4n) is 1.22. The van der Waals surface area contributed by atoms with Gasteiger partial charge in [0.25, 0.3) is 0 Å². The molecule has 0 aliphatic heterocycles. The molecule has 0 aromatic heterocycles. The minimum Gasteiger partial charge on any atom is -0.496 e. The maximum Gasteiger partial charge on any atom is 0.316 e. The number of ether oxygens (including phenoxy) is 1. The van der Waals surface area contributed by atoms with Crippen LogP contribution in [0.4, 0.5) is 0 Å². The van der Waals surface area contributed by atoms with E-state index in [4.69, 9.17) is 4.74 Å². The number of halogens is 1. The van der Waals surface area contributed by atoms with E-state index in [2.05, 4.69) is 15.9 Å². The molecule has 0 aliphatic rings. The summed E-state index contributed by atoms with van der Waals surface area (Å²) in [6.07, 6.45) is 0. The Morgan fingerprint density at radius 3 is 1.92 bits per heavy atom. The van der Waals surface area contributed by atoms with E-state index in [1.165, 1.54) is 11.1 Å². The summed E-state index contributed by atoms with van der Waals surface area (Å²) in [4.78, 5) is 0. The highest BCUT2D eigenvalue weighted by Gasteiger charge is 2.02. The summed E-state index contributed by atoms with van der Waals surface area (Å²) in [6, 6.07) is 4.09. The third-order valence-electron chi connectivity index (χ3n) is 1.63. The summed E-state index contributed by atoms with van der Waals surface area (Å²) in [5.74, 6) is 0.980. The Morgan fingerprint density at radius 2 is 1.58 bits per heavy atom. The van der Waals surface area contributed by atoms with Gasteiger partial charge in [-0.25, -0.2) is 0 Å². The van der Waals surface area contributed by atoms with Crippen molar-refractivity contribution in [1.82, 2.24) is 0 Å². The van der Waals surface area contributed by atoms with Gasteiger partial charge < -0.3 is 4.74 Å². The number of methoxy groups -OCH3 is 1. The van der Waals surface area contributed by atoms with Crippen LogP contribution in [-0.2, 0) is 0 Å². The van der Waals surface area contributed by atoms with Crippen LogP contribution in [0, 0.1) is 13.8 Å². The van der Waals surface area contributed by atoms with Gasteiger partial charge >= 0.3 is 23.1 Å². The lowest BCUT2D eigenvalue weighted by atomic mass is 10.1. The zero-order valence-corrected chi connectivity index (χ0v) is 8.53. The maximum atomic E-state index is 5.21. The molecule has 3 heteroatoms. The molecule has 1 nitrogen and oxygen atoms in total. The van der Waals surface area contributed by atoms with Crippen LogP contribution in [0.1, 0.15) is 11.1 Å². The van der Waals surface area contributed by atoms with Crippen LogP contribution >= 0.6 is 15.9 Å². The summed E-state index contributed by atoms with van der Waals surface area (Å²) < 4.78 is 6.31. The van der Waals surface area contributed by atoms with Crippen molar-refractivity contribution >= 4 is 39.0 Å². The third kappa shape index (κ3) is 2.64. The summed E-state index contributed by atoms with van der Waals surface area (Å²) in [6.45, 7) is 4.08. The minimum absolute atomic E-state index is 0. The molecule has 0 fully saturated rings. The van der Waals surface area contributed by atoms with Crippen molar-refractivity contribution in [3.05, 3.63) is 27.7 Å². The predicted octanol–water partition coefficient (Wildman–Crippen LogP) is 2.16. The predicted molar refractivity (Wildman–Crippen MR) is 58.7 cm³/mol. The molecule has 1 aromatic carbocycles. The van der Waals surface area contributed by atoms with Gasteiger partial charge in [-0.1, -0.05) is 15.9 Å². The van der Waals surface area contributed by atoms with E-state index in [0.717, 1.165) is 10.2 Å². The first-order valence-corrected chi connectivity index (χ1v) is 4.25. The molecule has 0 atom stereocenters. The normalized spacial score (nSPS) is 9.00. The summed E-state index contributed by atoms with van der Waals surface area (Å²) >= 11 is 3.42. The van der Waals surface area contributed by atoms with Gasteiger partial charge in [-0.05, 0) is 37.1 Å². The summed E-state index contributed by atoms with van der Waals surface area (Å²) in [5, 5.41) is 0. The summed E-state index contributed by atoms with van der Waals surface area (Å²) in [7, 11) is 1.70. The number of hydrogen-bond donors (Lipinski definition) is 0. The van der Waals surface area contributed by atoms with Crippen molar-refractivity contribution in [3.8, 4) is 5.75 Å². The highest BCUT2D eigenvalue weighted by molar-refractivity contribution is 9.10. The van der Waals surface area contributed by atoms with E-state index in [9.17, 15) is 0 Å². The monoisotopic (exact) mass is 240 g/mol. The maximum absolute atomic E-state index is 5.21. The van der Waals surface area contributed by atoms with Crippen LogP contribution in [0.25, 0.3) is 0 Å². The molecule has 1 aromatic rings. The second-order valence-electron chi connectivity index (χ2n) is 2.57. The number of rotatable bonds is 1. The molecule has 0 saturated heterocycles. The van der Waals surface area contributed by atoms with Gasteiger partial charge in [0.1, 0.15) is 5.75 Å². The first-order chi connectivity index (χ1) is 5.15. The molecule has 64 valence electrons. The molecule has 0 heterocycles. The molecule has 0 spiro atoms. The Morgan fingerprint density at radius 1 is 1.17 bits per heavy atom. The van der Waals surface area contributed by atoms with Crippen molar-refractivity contribution in [1.29, 1.82) is 0 Å². The Labute approximate surface area is 97.8 Å². The zero-order valence-electron chi connectivity index (χ0n) is 6.94. The fraction of sp³-hybridized carbons (Fsp3) is 0.333. The van der Waals surface area contributed by atoms with Crippen LogP contribution < -0.4 is 4.74 Å². The molecule has 0 bridgehead atoms. The average Bonchev–Trinajstić information content (AvgIpc) is 1.85. The number of benzene rings is 1. The largest absolute Gasteiger partial charge is 0.496 e. The fourth-order valence-corrected chi connectivity index (χ4v) is 1.91.